The molecule has 1 rings (SSSR count). The fourth-order valence-corrected chi connectivity index (χ4v) is 2.86. The third-order valence-corrected chi connectivity index (χ3v) is 3.59. The maximum Gasteiger partial charge on any atom is 0.278 e. The summed E-state index contributed by atoms with van der Waals surface area (Å²) >= 11 is 0. The Balaban J connectivity index is 3.25. The first kappa shape index (κ1) is 10.5. The predicted molar refractivity (Wildman–Crippen MR) is 51.8 cm³/mol. The summed E-state index contributed by atoms with van der Waals surface area (Å²) in [5.74, 6) is 0. The van der Waals surface area contributed by atoms with Crippen molar-refractivity contribution in [3.8, 4) is 6.07 Å². The molecule has 6 heteroatoms. The number of thiol groups is 1. The second-order valence-electron chi connectivity index (χ2n) is 2.27. The van der Waals surface area contributed by atoms with Gasteiger partial charge in [0.2, 0.25) is 0 Å². The van der Waals surface area contributed by atoms with E-state index in [1.807, 2.05) is 6.07 Å². The van der Waals surface area contributed by atoms with Gasteiger partial charge in [0.1, 0.15) is 6.07 Å². The van der Waals surface area contributed by atoms with Crippen molar-refractivity contribution in [3.05, 3.63) is 29.8 Å². The SMILES string of the molecule is N#Cc1ccccc1[SH]=P(O)(O)O. The molecule has 0 aromatic heterocycles. The number of hydrogen-bond acceptors (Lipinski definition) is 1. The molecule has 0 saturated carbocycles. The fraction of sp³-hybridized carbons (Fsp3) is 0. The molecular formula is C7H8NO3PS. The lowest BCUT2D eigenvalue weighted by Gasteiger charge is -2.03. The number of benzene rings is 1. The maximum atomic E-state index is 8.79. The highest BCUT2D eigenvalue weighted by Gasteiger charge is 2.04. The Morgan fingerprint density at radius 2 is 1.85 bits per heavy atom. The van der Waals surface area contributed by atoms with Gasteiger partial charge in [0, 0.05) is 4.90 Å². The number of nitriles is 1. The van der Waals surface area contributed by atoms with Crippen molar-refractivity contribution in [1.82, 2.24) is 0 Å². The van der Waals surface area contributed by atoms with Gasteiger partial charge in [0.25, 0.3) is 6.72 Å². The van der Waals surface area contributed by atoms with Gasteiger partial charge >= 0.3 is 0 Å². The largest absolute Gasteiger partial charge is 0.328 e. The summed E-state index contributed by atoms with van der Waals surface area (Å²) in [6.07, 6.45) is 0. The van der Waals surface area contributed by atoms with Gasteiger partial charge in [-0.1, -0.05) is 23.1 Å². The van der Waals surface area contributed by atoms with Crippen LogP contribution in [0.15, 0.2) is 29.2 Å². The van der Waals surface area contributed by atoms with Gasteiger partial charge in [-0.2, -0.15) is 5.26 Å². The second kappa shape index (κ2) is 4.05. The Morgan fingerprint density at radius 3 is 2.38 bits per heavy atom. The van der Waals surface area contributed by atoms with E-state index in [4.69, 9.17) is 19.9 Å². The lowest BCUT2D eigenvalue weighted by molar-refractivity contribution is 0.363. The van der Waals surface area contributed by atoms with E-state index in [0.717, 1.165) is 0 Å². The zero-order valence-corrected chi connectivity index (χ0v) is 8.28. The van der Waals surface area contributed by atoms with E-state index in [1.165, 1.54) is 0 Å². The molecule has 0 aliphatic carbocycles. The molecule has 0 heterocycles. The predicted octanol–water partition coefficient (Wildman–Crippen LogP) is 0.387. The standard InChI is InChI=1S/C7H8NO3PS/c8-5-6-3-1-2-4-7(6)13-12(9,10)11/h1-4,9-11,13H. The normalized spacial score (nSPS) is 10.9. The minimum atomic E-state index is -3.86. The molecule has 0 amide bonds. The minimum Gasteiger partial charge on any atom is -0.328 e. The molecule has 0 aliphatic rings. The zero-order chi connectivity index (χ0) is 9.90. The molecule has 0 unspecified atom stereocenters. The van der Waals surface area contributed by atoms with Gasteiger partial charge in [0.05, 0.1) is 5.56 Å². The molecule has 70 valence electrons. The second-order valence-corrected chi connectivity index (χ2v) is 6.23. The van der Waals surface area contributed by atoms with E-state index in [1.54, 1.807) is 24.3 Å². The highest BCUT2D eigenvalue weighted by atomic mass is 32.5. The molecule has 0 saturated heterocycles. The molecule has 0 fully saturated rings. The van der Waals surface area contributed by atoms with Crippen LogP contribution in [0.4, 0.5) is 0 Å². The lowest BCUT2D eigenvalue weighted by Crippen LogP contribution is -1.84. The molecule has 0 bridgehead atoms. The molecule has 13 heavy (non-hydrogen) atoms. The maximum absolute atomic E-state index is 8.79. The third kappa shape index (κ3) is 3.31. The first-order chi connectivity index (χ1) is 6.03. The molecule has 3 N–H and O–H groups in total. The Morgan fingerprint density at radius 1 is 1.23 bits per heavy atom. The monoisotopic (exact) mass is 217 g/mol. The van der Waals surface area contributed by atoms with Gasteiger partial charge in [-0.05, 0) is 12.1 Å². The van der Waals surface area contributed by atoms with Crippen LogP contribution in [-0.2, 0) is 10.9 Å². The van der Waals surface area contributed by atoms with Gasteiger partial charge in [-0.15, -0.1) is 0 Å². The Bertz CT molecular complexity index is 398. The molecule has 1 aromatic carbocycles. The van der Waals surface area contributed by atoms with Crippen LogP contribution in [0.1, 0.15) is 5.56 Å². The van der Waals surface area contributed by atoms with E-state index in [0.29, 0.717) is 10.5 Å². The summed E-state index contributed by atoms with van der Waals surface area (Å²) in [6, 6.07) is 8.35. The molecule has 4 nitrogen and oxygen atoms in total. The summed E-state index contributed by atoms with van der Waals surface area (Å²) in [7, 11) is -0.00901. The molecule has 0 spiro atoms. The third-order valence-electron chi connectivity index (χ3n) is 1.27. The smallest absolute Gasteiger partial charge is 0.278 e. The zero-order valence-electron chi connectivity index (χ0n) is 6.49. The van der Waals surface area contributed by atoms with Crippen LogP contribution in [-0.4, -0.2) is 14.7 Å². The van der Waals surface area contributed by atoms with E-state index in [-0.39, 0.29) is 10.9 Å². The van der Waals surface area contributed by atoms with Crippen molar-refractivity contribution in [2.75, 3.05) is 0 Å². The van der Waals surface area contributed by atoms with Gasteiger partial charge in [0.15, 0.2) is 0 Å². The van der Waals surface area contributed by atoms with Gasteiger partial charge in [-0.25, -0.2) is 0 Å². The minimum absolute atomic E-state index is 0.00901. The van der Waals surface area contributed by atoms with E-state index in [9.17, 15) is 0 Å². The van der Waals surface area contributed by atoms with Gasteiger partial charge in [-0.3, -0.25) is 0 Å². The van der Waals surface area contributed by atoms with E-state index < -0.39 is 6.72 Å². The molecular weight excluding hydrogens is 209 g/mol. The summed E-state index contributed by atoms with van der Waals surface area (Å²) < 4.78 is 0. The molecule has 0 atom stereocenters. The van der Waals surface area contributed by atoms with Crippen molar-refractivity contribution in [1.29, 1.82) is 5.26 Å². The lowest BCUT2D eigenvalue weighted by atomic mass is 10.2. The van der Waals surface area contributed by atoms with E-state index in [2.05, 4.69) is 0 Å². The van der Waals surface area contributed by atoms with Crippen molar-refractivity contribution in [3.63, 3.8) is 0 Å². The topological polar surface area (TPSA) is 84.5 Å². The summed E-state index contributed by atoms with van der Waals surface area (Å²) in [5.41, 5.74) is 0.339. The molecule has 1 aromatic rings. The average Bonchev–Trinajstić information content (AvgIpc) is 2.02. The molecule has 0 aliphatic heterocycles. The molecule has 0 radical (unpaired) electrons. The summed E-state index contributed by atoms with van der Waals surface area (Å²) in [6.45, 7) is -3.86. The summed E-state index contributed by atoms with van der Waals surface area (Å²) in [5, 5.41) is 8.63. The van der Waals surface area contributed by atoms with Crippen LogP contribution in [0.5, 0.6) is 0 Å². The van der Waals surface area contributed by atoms with Crippen molar-refractivity contribution < 1.29 is 14.7 Å². The quantitative estimate of drug-likeness (QED) is 0.405. The number of hydrogen-bond donors (Lipinski definition) is 4. The van der Waals surface area contributed by atoms with Crippen LogP contribution >= 0.6 is 6.72 Å². The van der Waals surface area contributed by atoms with Crippen LogP contribution in [0.3, 0.4) is 0 Å². The number of nitrogens with zero attached hydrogens (tertiary/aromatic N) is 1. The van der Waals surface area contributed by atoms with Crippen molar-refractivity contribution >= 4 is 17.7 Å². The first-order valence-corrected chi connectivity index (χ1v) is 6.57. The van der Waals surface area contributed by atoms with Crippen LogP contribution in [0.25, 0.3) is 0 Å². The van der Waals surface area contributed by atoms with Crippen molar-refractivity contribution in [2.24, 2.45) is 0 Å². The van der Waals surface area contributed by atoms with Gasteiger partial charge < -0.3 is 14.7 Å². The Labute approximate surface area is 78.9 Å². The summed E-state index contributed by atoms with van der Waals surface area (Å²) in [4.78, 5) is 26.8. The van der Waals surface area contributed by atoms with E-state index >= 15 is 0 Å². The fourth-order valence-electron chi connectivity index (χ4n) is 0.800. The Kier molecular flexibility index (Phi) is 3.26. The van der Waals surface area contributed by atoms with Crippen LogP contribution in [0, 0.1) is 11.3 Å². The highest BCUT2D eigenvalue weighted by molar-refractivity contribution is 8.16. The highest BCUT2D eigenvalue weighted by Crippen LogP contribution is 2.34. The van der Waals surface area contributed by atoms with Crippen LogP contribution in [0.2, 0.25) is 0 Å². The Hall–Kier alpha value is -0.630. The van der Waals surface area contributed by atoms with Crippen molar-refractivity contribution in [2.45, 2.75) is 4.90 Å². The first-order valence-electron chi connectivity index (χ1n) is 3.32. The average molecular weight is 217 g/mol. The number of rotatable bonds is 1. The van der Waals surface area contributed by atoms with Crippen LogP contribution < -0.4 is 0 Å².